The summed E-state index contributed by atoms with van der Waals surface area (Å²) >= 11 is 0. The Bertz CT molecular complexity index is 757. The van der Waals surface area contributed by atoms with E-state index in [0.29, 0.717) is 45.3 Å². The number of hydrogen-bond acceptors (Lipinski definition) is 4. The average Bonchev–Trinajstić information content (AvgIpc) is 3.12. The van der Waals surface area contributed by atoms with E-state index in [2.05, 4.69) is 0 Å². The second kappa shape index (κ2) is 7.75. The summed E-state index contributed by atoms with van der Waals surface area (Å²) in [5, 5.41) is 8.89. The molecule has 1 aromatic rings. The van der Waals surface area contributed by atoms with Gasteiger partial charge in [0.1, 0.15) is 6.04 Å². The van der Waals surface area contributed by atoms with Gasteiger partial charge in [-0.1, -0.05) is 18.2 Å². The first-order valence-corrected chi connectivity index (χ1v) is 10.4. The fraction of sp³-hybridized carbons (Fsp3) is 0.556. The van der Waals surface area contributed by atoms with Crippen LogP contribution in [0.15, 0.2) is 35.2 Å². The Morgan fingerprint density at radius 3 is 2.31 bits per heavy atom. The number of carboxylic acid groups (broad SMARTS) is 1. The lowest BCUT2D eigenvalue weighted by Gasteiger charge is -2.34. The van der Waals surface area contributed by atoms with Crippen molar-refractivity contribution in [1.29, 1.82) is 0 Å². The summed E-state index contributed by atoms with van der Waals surface area (Å²) < 4.78 is 27.1. The van der Waals surface area contributed by atoms with Gasteiger partial charge in [-0.15, -0.1) is 0 Å². The highest BCUT2D eigenvalue weighted by molar-refractivity contribution is 7.89. The lowest BCUT2D eigenvalue weighted by atomic mass is 9.93. The number of carboxylic acids is 1. The number of piperidine rings is 1. The topological polar surface area (TPSA) is 95.0 Å². The van der Waals surface area contributed by atoms with E-state index >= 15 is 0 Å². The molecular formula is C18H24N2O5S. The maximum Gasteiger partial charge on any atom is 0.303 e. The van der Waals surface area contributed by atoms with Crippen LogP contribution in [0.4, 0.5) is 0 Å². The van der Waals surface area contributed by atoms with Crippen LogP contribution in [-0.2, 0) is 19.6 Å². The molecule has 0 aromatic heterocycles. The first kappa shape index (κ1) is 18.8. The van der Waals surface area contributed by atoms with Crippen LogP contribution in [-0.4, -0.2) is 60.3 Å². The number of benzene rings is 1. The Balaban J connectivity index is 1.69. The maximum absolute atomic E-state index is 12.9. The quantitative estimate of drug-likeness (QED) is 0.836. The number of aliphatic carboxylic acids is 1. The van der Waals surface area contributed by atoms with Gasteiger partial charge in [0.2, 0.25) is 15.9 Å². The molecule has 0 saturated carbocycles. The van der Waals surface area contributed by atoms with Crippen molar-refractivity contribution in [3.63, 3.8) is 0 Å². The molecule has 26 heavy (non-hydrogen) atoms. The van der Waals surface area contributed by atoms with Crippen LogP contribution < -0.4 is 0 Å². The zero-order chi connectivity index (χ0) is 18.7. The van der Waals surface area contributed by atoms with Crippen LogP contribution in [0.25, 0.3) is 0 Å². The zero-order valence-corrected chi connectivity index (χ0v) is 15.4. The minimum absolute atomic E-state index is 0.0873. The average molecular weight is 380 g/mol. The fourth-order valence-corrected chi connectivity index (χ4v) is 5.49. The van der Waals surface area contributed by atoms with Crippen molar-refractivity contribution in [2.75, 3.05) is 19.6 Å². The minimum atomic E-state index is -3.69. The van der Waals surface area contributed by atoms with E-state index in [1.54, 1.807) is 35.2 Å². The number of carbonyl (C=O) groups is 2. The van der Waals surface area contributed by atoms with E-state index < -0.39 is 22.0 Å². The summed E-state index contributed by atoms with van der Waals surface area (Å²) in [7, 11) is -3.69. The Morgan fingerprint density at radius 1 is 1.04 bits per heavy atom. The number of nitrogens with zero attached hydrogens (tertiary/aromatic N) is 2. The molecule has 1 N–H and O–H groups in total. The highest BCUT2D eigenvalue weighted by Gasteiger charge is 2.41. The molecule has 2 saturated heterocycles. The largest absolute Gasteiger partial charge is 0.481 e. The molecule has 2 aliphatic heterocycles. The summed E-state index contributed by atoms with van der Waals surface area (Å²) in [6.45, 7) is 1.34. The smallest absolute Gasteiger partial charge is 0.303 e. The van der Waals surface area contributed by atoms with Gasteiger partial charge in [0.15, 0.2) is 0 Å². The van der Waals surface area contributed by atoms with E-state index in [1.807, 2.05) is 0 Å². The van der Waals surface area contributed by atoms with E-state index in [-0.39, 0.29) is 23.1 Å². The molecule has 2 fully saturated rings. The Morgan fingerprint density at radius 2 is 1.69 bits per heavy atom. The molecule has 8 heteroatoms. The van der Waals surface area contributed by atoms with Crippen LogP contribution in [0, 0.1) is 5.92 Å². The third-order valence-electron chi connectivity index (χ3n) is 5.23. The van der Waals surface area contributed by atoms with Crippen molar-refractivity contribution in [3.8, 4) is 0 Å². The fourth-order valence-electron chi connectivity index (χ4n) is 3.82. The molecule has 7 nitrogen and oxygen atoms in total. The molecule has 2 aliphatic rings. The standard InChI is InChI=1S/C18H24N2O5S/c21-17(22)13-14-8-11-19(12-9-14)18(23)16-7-4-10-20(16)26(24,25)15-5-2-1-3-6-15/h1-3,5-6,14,16H,4,7-13H2,(H,21,22). The van der Waals surface area contributed by atoms with Gasteiger partial charge in [0.25, 0.3) is 0 Å². The number of hydrogen-bond donors (Lipinski definition) is 1. The van der Waals surface area contributed by atoms with Crippen molar-refractivity contribution >= 4 is 21.9 Å². The predicted octanol–water partition coefficient (Wildman–Crippen LogP) is 1.55. The first-order chi connectivity index (χ1) is 12.4. The maximum atomic E-state index is 12.9. The molecule has 0 bridgehead atoms. The summed E-state index contributed by atoms with van der Waals surface area (Å²) in [6, 6.07) is 7.54. The second-order valence-electron chi connectivity index (χ2n) is 6.95. The monoisotopic (exact) mass is 380 g/mol. The molecule has 3 rings (SSSR count). The van der Waals surface area contributed by atoms with Crippen LogP contribution in [0.5, 0.6) is 0 Å². The van der Waals surface area contributed by atoms with Gasteiger partial charge in [0, 0.05) is 26.1 Å². The molecule has 0 radical (unpaired) electrons. The second-order valence-corrected chi connectivity index (χ2v) is 8.84. The Kier molecular flexibility index (Phi) is 5.62. The number of sulfonamides is 1. The molecule has 1 unspecified atom stereocenters. The molecule has 1 aromatic carbocycles. The summed E-state index contributed by atoms with van der Waals surface area (Å²) in [5.41, 5.74) is 0. The predicted molar refractivity (Wildman–Crippen MR) is 94.9 cm³/mol. The summed E-state index contributed by atoms with van der Waals surface area (Å²) in [6.07, 6.45) is 2.62. The lowest BCUT2D eigenvalue weighted by Crippen LogP contribution is -2.50. The van der Waals surface area contributed by atoms with Gasteiger partial charge in [0.05, 0.1) is 4.90 Å². The first-order valence-electron chi connectivity index (χ1n) is 8.97. The van der Waals surface area contributed by atoms with Gasteiger partial charge in [-0.05, 0) is 43.7 Å². The van der Waals surface area contributed by atoms with Crippen molar-refractivity contribution in [2.24, 2.45) is 5.92 Å². The van der Waals surface area contributed by atoms with Crippen LogP contribution in [0.3, 0.4) is 0 Å². The van der Waals surface area contributed by atoms with Gasteiger partial charge in [-0.2, -0.15) is 4.31 Å². The summed E-state index contributed by atoms with van der Waals surface area (Å²) in [5.74, 6) is -0.884. The van der Waals surface area contributed by atoms with Crippen molar-refractivity contribution < 1.29 is 23.1 Å². The van der Waals surface area contributed by atoms with Gasteiger partial charge < -0.3 is 10.0 Å². The number of carbonyl (C=O) groups excluding carboxylic acids is 1. The van der Waals surface area contributed by atoms with E-state index in [1.165, 1.54) is 4.31 Å². The highest BCUT2D eigenvalue weighted by atomic mass is 32.2. The SMILES string of the molecule is O=C(O)CC1CCN(C(=O)C2CCCN2S(=O)(=O)c2ccccc2)CC1. The molecule has 1 atom stereocenters. The van der Waals surface area contributed by atoms with Crippen molar-refractivity contribution in [1.82, 2.24) is 9.21 Å². The number of amides is 1. The Hall–Kier alpha value is -1.93. The van der Waals surface area contributed by atoms with Crippen molar-refractivity contribution in [3.05, 3.63) is 30.3 Å². The normalized spacial score (nSPS) is 22.5. The number of likely N-dealkylation sites (tertiary alicyclic amines) is 1. The van der Waals surface area contributed by atoms with E-state index in [0.717, 1.165) is 0 Å². The molecule has 0 aliphatic carbocycles. The highest BCUT2D eigenvalue weighted by Crippen LogP contribution is 2.29. The Labute approximate surface area is 153 Å². The lowest BCUT2D eigenvalue weighted by molar-refractivity contribution is -0.139. The molecule has 1 amide bonds. The van der Waals surface area contributed by atoms with E-state index in [4.69, 9.17) is 5.11 Å². The van der Waals surface area contributed by atoms with Crippen LogP contribution >= 0.6 is 0 Å². The third-order valence-corrected chi connectivity index (χ3v) is 7.15. The zero-order valence-electron chi connectivity index (χ0n) is 14.6. The number of rotatable bonds is 5. The minimum Gasteiger partial charge on any atom is -0.481 e. The van der Waals surface area contributed by atoms with Gasteiger partial charge in [-0.3, -0.25) is 9.59 Å². The van der Waals surface area contributed by atoms with Gasteiger partial charge in [-0.25, -0.2) is 8.42 Å². The molecule has 0 spiro atoms. The molecule has 2 heterocycles. The molecular weight excluding hydrogens is 356 g/mol. The van der Waals surface area contributed by atoms with Crippen molar-refractivity contribution in [2.45, 2.75) is 43.0 Å². The molecule has 142 valence electrons. The van der Waals surface area contributed by atoms with Crippen LogP contribution in [0.1, 0.15) is 32.1 Å². The van der Waals surface area contributed by atoms with Gasteiger partial charge >= 0.3 is 5.97 Å². The van der Waals surface area contributed by atoms with E-state index in [9.17, 15) is 18.0 Å². The third kappa shape index (κ3) is 3.91. The summed E-state index contributed by atoms with van der Waals surface area (Å²) in [4.78, 5) is 25.7. The van der Waals surface area contributed by atoms with Crippen LogP contribution in [0.2, 0.25) is 0 Å².